The molecule has 34 heavy (non-hydrogen) atoms. The molecule has 186 valence electrons. The van der Waals surface area contributed by atoms with Crippen molar-refractivity contribution in [1.29, 1.82) is 0 Å². The first-order valence-electron chi connectivity index (χ1n) is 11.5. The van der Waals surface area contributed by atoms with Crippen LogP contribution < -0.4 is 9.62 Å². The van der Waals surface area contributed by atoms with Gasteiger partial charge in [0.05, 0.1) is 5.69 Å². The van der Waals surface area contributed by atoms with Crippen LogP contribution in [-0.4, -0.2) is 68.7 Å². The van der Waals surface area contributed by atoms with Gasteiger partial charge in [-0.1, -0.05) is 55.5 Å². The van der Waals surface area contributed by atoms with Crippen LogP contribution in [0.4, 0.5) is 5.69 Å². The number of carbonyl (C=O) groups is 2. The van der Waals surface area contributed by atoms with E-state index in [4.69, 9.17) is 0 Å². The molecule has 1 atom stereocenters. The van der Waals surface area contributed by atoms with Gasteiger partial charge in [0.1, 0.15) is 12.6 Å². The van der Waals surface area contributed by atoms with E-state index in [1.807, 2.05) is 51.1 Å². The summed E-state index contributed by atoms with van der Waals surface area (Å²) in [5, 5.41) is 2.89. The minimum atomic E-state index is -3.94. The summed E-state index contributed by atoms with van der Waals surface area (Å²) >= 11 is 0. The second-order valence-corrected chi connectivity index (χ2v) is 10.6. The van der Waals surface area contributed by atoms with Crippen molar-refractivity contribution in [3.63, 3.8) is 0 Å². The Morgan fingerprint density at radius 1 is 0.941 bits per heavy atom. The number of anilines is 1. The molecule has 0 bridgehead atoms. The van der Waals surface area contributed by atoms with E-state index in [0.717, 1.165) is 14.2 Å². The van der Waals surface area contributed by atoms with E-state index in [2.05, 4.69) is 5.32 Å². The van der Waals surface area contributed by atoms with Gasteiger partial charge in [0.2, 0.25) is 11.8 Å². The van der Waals surface area contributed by atoms with Gasteiger partial charge in [-0.2, -0.15) is 12.7 Å². The highest BCUT2D eigenvalue weighted by molar-refractivity contribution is 7.90. The minimum absolute atomic E-state index is 0.0810. The molecule has 0 aliphatic rings. The van der Waals surface area contributed by atoms with Crippen LogP contribution in [0.3, 0.4) is 0 Å². The predicted octanol–water partition coefficient (Wildman–Crippen LogP) is 2.67. The quantitative estimate of drug-likeness (QED) is 0.497. The zero-order valence-corrected chi connectivity index (χ0v) is 21.5. The van der Waals surface area contributed by atoms with Gasteiger partial charge in [-0.15, -0.1) is 0 Å². The summed E-state index contributed by atoms with van der Waals surface area (Å²) in [4.78, 5) is 28.1. The number of nitrogens with one attached hydrogen (secondary N) is 1. The van der Waals surface area contributed by atoms with Gasteiger partial charge in [0.15, 0.2) is 0 Å². The normalized spacial score (nSPS) is 12.4. The number of amides is 2. The van der Waals surface area contributed by atoms with Crippen LogP contribution in [0.2, 0.25) is 0 Å². The zero-order valence-electron chi connectivity index (χ0n) is 20.6. The molecular weight excluding hydrogens is 452 g/mol. The summed E-state index contributed by atoms with van der Waals surface area (Å²) in [6.45, 7) is 5.45. The third-order valence-electron chi connectivity index (χ3n) is 5.36. The molecule has 2 aromatic carbocycles. The van der Waals surface area contributed by atoms with E-state index in [0.29, 0.717) is 18.5 Å². The average Bonchev–Trinajstić information content (AvgIpc) is 2.80. The summed E-state index contributed by atoms with van der Waals surface area (Å²) in [7, 11) is -1.09. The molecule has 2 amide bonds. The van der Waals surface area contributed by atoms with Crippen molar-refractivity contribution in [2.45, 2.75) is 45.7 Å². The molecule has 0 unspecified atom stereocenters. The zero-order chi connectivity index (χ0) is 25.3. The fraction of sp³-hybridized carbons (Fsp3) is 0.440. The number of nitrogens with zero attached hydrogens (tertiary/aromatic N) is 3. The Morgan fingerprint density at radius 2 is 1.50 bits per heavy atom. The van der Waals surface area contributed by atoms with Crippen LogP contribution in [-0.2, 0) is 26.2 Å². The first-order chi connectivity index (χ1) is 16.1. The number of hydrogen-bond donors (Lipinski definition) is 1. The van der Waals surface area contributed by atoms with Crippen LogP contribution in [0.15, 0.2) is 60.7 Å². The van der Waals surface area contributed by atoms with Crippen LogP contribution in [0, 0.1) is 0 Å². The lowest BCUT2D eigenvalue weighted by atomic mass is 10.1. The lowest BCUT2D eigenvalue weighted by molar-refractivity contribution is -0.139. The molecule has 0 aliphatic carbocycles. The average molecular weight is 489 g/mol. The maximum absolute atomic E-state index is 13.6. The molecule has 0 fully saturated rings. The Morgan fingerprint density at radius 3 is 2.00 bits per heavy atom. The molecule has 9 heteroatoms. The highest BCUT2D eigenvalue weighted by Crippen LogP contribution is 2.20. The van der Waals surface area contributed by atoms with E-state index < -0.39 is 28.7 Å². The van der Waals surface area contributed by atoms with Crippen LogP contribution >= 0.6 is 0 Å². The van der Waals surface area contributed by atoms with E-state index in [1.165, 1.54) is 19.0 Å². The smallest absolute Gasteiger partial charge is 0.304 e. The Labute approximate surface area is 203 Å². The van der Waals surface area contributed by atoms with E-state index in [1.54, 1.807) is 30.3 Å². The first kappa shape index (κ1) is 27.3. The number of benzene rings is 2. The van der Waals surface area contributed by atoms with Crippen molar-refractivity contribution in [3.05, 3.63) is 66.2 Å². The van der Waals surface area contributed by atoms with Crippen molar-refractivity contribution < 1.29 is 18.0 Å². The third kappa shape index (κ3) is 7.30. The lowest BCUT2D eigenvalue weighted by Crippen LogP contribution is -2.54. The standard InChI is InChI=1S/C25H36N4O4S/c1-6-23(25(31)26-20(2)3)28(18-17-21-13-9-7-10-14-21)24(30)19-29(34(32,33)27(4)5)22-15-11-8-12-16-22/h7-16,20,23H,6,17-19H2,1-5H3,(H,26,31)/t23-/m1/s1. The van der Waals surface area contributed by atoms with Crippen molar-refractivity contribution >= 4 is 27.7 Å². The van der Waals surface area contributed by atoms with Gasteiger partial charge in [-0.05, 0) is 44.4 Å². The number of para-hydroxylation sites is 1. The monoisotopic (exact) mass is 488 g/mol. The van der Waals surface area contributed by atoms with E-state index in [9.17, 15) is 18.0 Å². The third-order valence-corrected chi connectivity index (χ3v) is 7.18. The summed E-state index contributed by atoms with van der Waals surface area (Å²) in [6, 6.07) is 17.4. The Bertz CT molecular complexity index is 1030. The molecule has 1 N–H and O–H groups in total. The highest BCUT2D eigenvalue weighted by atomic mass is 32.2. The van der Waals surface area contributed by atoms with E-state index in [-0.39, 0.29) is 18.5 Å². The van der Waals surface area contributed by atoms with Crippen molar-refractivity contribution in [2.24, 2.45) is 0 Å². The molecule has 2 rings (SSSR count). The highest BCUT2D eigenvalue weighted by Gasteiger charge is 2.33. The molecule has 0 radical (unpaired) electrons. The lowest BCUT2D eigenvalue weighted by Gasteiger charge is -2.34. The minimum Gasteiger partial charge on any atom is -0.352 e. The molecule has 0 spiro atoms. The molecule has 8 nitrogen and oxygen atoms in total. The molecular formula is C25H36N4O4S. The molecule has 0 saturated carbocycles. The SMILES string of the molecule is CC[C@H](C(=O)NC(C)C)N(CCc1ccccc1)C(=O)CN(c1ccccc1)S(=O)(=O)N(C)C. The second-order valence-electron chi connectivity index (χ2n) is 8.54. The van der Waals surface area contributed by atoms with Gasteiger partial charge in [-0.3, -0.25) is 9.59 Å². The maximum atomic E-state index is 13.6. The van der Waals surface area contributed by atoms with Crippen LogP contribution in [0.1, 0.15) is 32.8 Å². The van der Waals surface area contributed by atoms with Crippen LogP contribution in [0.25, 0.3) is 0 Å². The second kappa shape index (κ2) is 12.5. The topological polar surface area (TPSA) is 90.0 Å². The fourth-order valence-electron chi connectivity index (χ4n) is 3.59. The Kier molecular flexibility index (Phi) is 10.1. The summed E-state index contributed by atoms with van der Waals surface area (Å²) in [6.07, 6.45) is 0.953. The Hall–Kier alpha value is -2.91. The predicted molar refractivity (Wildman–Crippen MR) is 136 cm³/mol. The summed E-state index contributed by atoms with van der Waals surface area (Å²) in [5.74, 6) is -0.684. The van der Waals surface area contributed by atoms with Gasteiger partial charge >= 0.3 is 10.2 Å². The molecule has 2 aromatic rings. The van der Waals surface area contributed by atoms with Gasteiger partial charge in [0, 0.05) is 26.7 Å². The molecule has 0 aliphatic heterocycles. The molecule has 0 heterocycles. The van der Waals surface area contributed by atoms with E-state index >= 15 is 0 Å². The summed E-state index contributed by atoms with van der Waals surface area (Å²) in [5.41, 5.74) is 1.41. The van der Waals surface area contributed by atoms with Crippen molar-refractivity contribution in [1.82, 2.24) is 14.5 Å². The van der Waals surface area contributed by atoms with Gasteiger partial charge in [-0.25, -0.2) is 4.31 Å². The number of rotatable bonds is 12. The van der Waals surface area contributed by atoms with Crippen LogP contribution in [0.5, 0.6) is 0 Å². The van der Waals surface area contributed by atoms with Gasteiger partial charge in [0.25, 0.3) is 0 Å². The van der Waals surface area contributed by atoms with Crippen molar-refractivity contribution in [3.8, 4) is 0 Å². The first-order valence-corrected chi connectivity index (χ1v) is 12.9. The fourth-order valence-corrected chi connectivity index (χ4v) is 4.64. The van der Waals surface area contributed by atoms with Gasteiger partial charge < -0.3 is 10.2 Å². The van der Waals surface area contributed by atoms with Crippen molar-refractivity contribution in [2.75, 3.05) is 31.5 Å². The maximum Gasteiger partial charge on any atom is 0.304 e. The largest absolute Gasteiger partial charge is 0.352 e. The number of carbonyl (C=O) groups excluding carboxylic acids is 2. The Balaban J connectivity index is 2.39. The summed E-state index contributed by atoms with van der Waals surface area (Å²) < 4.78 is 28.3. The molecule has 0 aromatic heterocycles. The number of hydrogen-bond acceptors (Lipinski definition) is 4. The molecule has 0 saturated heterocycles.